The first kappa shape index (κ1) is 16.1. The highest BCUT2D eigenvalue weighted by molar-refractivity contribution is 6.31. The van der Waals surface area contributed by atoms with Gasteiger partial charge in [-0.3, -0.25) is 4.98 Å². The van der Waals surface area contributed by atoms with E-state index in [-0.39, 0.29) is 17.8 Å². The fraction of sp³-hybridized carbons (Fsp3) is 0.188. The van der Waals surface area contributed by atoms with Gasteiger partial charge in [0.25, 0.3) is 0 Å². The topological polar surface area (TPSA) is 112 Å². The summed E-state index contributed by atoms with van der Waals surface area (Å²) in [5.74, 6) is 0.706. The van der Waals surface area contributed by atoms with Crippen LogP contribution in [-0.2, 0) is 0 Å². The van der Waals surface area contributed by atoms with Crippen LogP contribution in [0.2, 0.25) is 5.02 Å². The molecule has 24 heavy (non-hydrogen) atoms. The lowest BCUT2D eigenvalue weighted by Gasteiger charge is -2.17. The Labute approximate surface area is 144 Å². The minimum Gasteiger partial charge on any atom is -0.475 e. The highest BCUT2D eigenvalue weighted by Crippen LogP contribution is 2.25. The van der Waals surface area contributed by atoms with E-state index in [9.17, 15) is 0 Å². The molecule has 0 saturated carbocycles. The van der Waals surface area contributed by atoms with Gasteiger partial charge in [-0.25, -0.2) is 0 Å². The van der Waals surface area contributed by atoms with Crippen molar-refractivity contribution in [3.8, 4) is 5.88 Å². The van der Waals surface area contributed by atoms with E-state index in [1.165, 1.54) is 6.07 Å². The van der Waals surface area contributed by atoms with Gasteiger partial charge in [-0.05, 0) is 31.2 Å². The molecule has 0 saturated heterocycles. The molecule has 0 aliphatic rings. The molecule has 2 aromatic heterocycles. The van der Waals surface area contributed by atoms with E-state index < -0.39 is 0 Å². The van der Waals surface area contributed by atoms with Crippen LogP contribution in [0.15, 0.2) is 36.5 Å². The molecule has 2 heterocycles. The number of nitrogens with one attached hydrogen (secondary N) is 1. The molecule has 0 radical (unpaired) electrons. The zero-order valence-electron chi connectivity index (χ0n) is 13.0. The lowest BCUT2D eigenvalue weighted by atomic mass is 10.1. The summed E-state index contributed by atoms with van der Waals surface area (Å²) in [5, 5.41) is 5.03. The van der Waals surface area contributed by atoms with Gasteiger partial charge in [-0.15, -0.1) is 0 Å². The molecular weight excluding hydrogens is 328 g/mol. The van der Waals surface area contributed by atoms with Crippen LogP contribution in [0.4, 0.5) is 17.5 Å². The molecule has 3 aromatic rings. The Morgan fingerprint density at radius 2 is 2.04 bits per heavy atom. The Morgan fingerprint density at radius 3 is 2.83 bits per heavy atom. The Kier molecular flexibility index (Phi) is 4.52. The second-order valence-electron chi connectivity index (χ2n) is 5.37. The Hall–Kier alpha value is -2.80. The van der Waals surface area contributed by atoms with Crippen LogP contribution in [0.3, 0.4) is 0 Å². The molecule has 1 atom stereocenters. The predicted octanol–water partition coefficient (Wildman–Crippen LogP) is 2.72. The van der Waals surface area contributed by atoms with Crippen LogP contribution in [0.25, 0.3) is 10.9 Å². The third-order valence-corrected chi connectivity index (χ3v) is 3.56. The molecule has 0 aliphatic carbocycles. The van der Waals surface area contributed by atoms with E-state index in [0.717, 1.165) is 16.6 Å². The third kappa shape index (κ3) is 3.75. The number of nitrogens with zero attached hydrogens (tertiary/aromatic N) is 3. The first-order valence-electron chi connectivity index (χ1n) is 7.35. The van der Waals surface area contributed by atoms with Gasteiger partial charge in [-0.1, -0.05) is 11.6 Å². The van der Waals surface area contributed by atoms with Gasteiger partial charge >= 0.3 is 0 Å². The van der Waals surface area contributed by atoms with E-state index in [0.29, 0.717) is 17.5 Å². The summed E-state index contributed by atoms with van der Waals surface area (Å²) in [6.45, 7) is 2.38. The number of fused-ring (bicyclic) bond motifs is 1. The van der Waals surface area contributed by atoms with Crippen molar-refractivity contribution >= 4 is 40.0 Å². The summed E-state index contributed by atoms with van der Waals surface area (Å²) < 4.78 is 5.62. The molecule has 124 valence electrons. The van der Waals surface area contributed by atoms with Gasteiger partial charge in [0.2, 0.25) is 11.8 Å². The molecule has 0 amide bonds. The predicted molar refractivity (Wildman–Crippen MR) is 96.2 cm³/mol. The third-order valence-electron chi connectivity index (χ3n) is 3.33. The quantitative estimate of drug-likeness (QED) is 0.652. The number of ether oxygens (including phenoxy) is 1. The zero-order valence-corrected chi connectivity index (χ0v) is 13.8. The fourth-order valence-electron chi connectivity index (χ4n) is 2.30. The monoisotopic (exact) mass is 344 g/mol. The van der Waals surface area contributed by atoms with Crippen LogP contribution < -0.4 is 21.5 Å². The van der Waals surface area contributed by atoms with Crippen LogP contribution in [0.1, 0.15) is 6.92 Å². The number of aromatic nitrogens is 3. The van der Waals surface area contributed by atoms with Gasteiger partial charge in [-0.2, -0.15) is 9.97 Å². The number of pyridine rings is 1. The maximum absolute atomic E-state index is 6.01. The van der Waals surface area contributed by atoms with E-state index in [2.05, 4.69) is 20.3 Å². The number of anilines is 3. The van der Waals surface area contributed by atoms with E-state index in [4.69, 9.17) is 27.8 Å². The average molecular weight is 345 g/mol. The van der Waals surface area contributed by atoms with Crippen LogP contribution in [-0.4, -0.2) is 27.6 Å². The number of nitrogens with two attached hydrogens (primary N) is 2. The average Bonchev–Trinajstić information content (AvgIpc) is 2.52. The normalized spacial score (nSPS) is 12.1. The van der Waals surface area contributed by atoms with Gasteiger partial charge in [0.05, 0.1) is 11.6 Å². The van der Waals surface area contributed by atoms with Crippen molar-refractivity contribution in [1.82, 2.24) is 15.0 Å². The molecule has 0 spiro atoms. The summed E-state index contributed by atoms with van der Waals surface area (Å²) in [5.41, 5.74) is 13.0. The van der Waals surface area contributed by atoms with Crippen molar-refractivity contribution in [1.29, 1.82) is 0 Å². The number of rotatable bonds is 5. The van der Waals surface area contributed by atoms with Gasteiger partial charge < -0.3 is 21.5 Å². The van der Waals surface area contributed by atoms with Crippen molar-refractivity contribution in [3.05, 3.63) is 41.6 Å². The Balaban J connectivity index is 1.70. The fourth-order valence-corrected chi connectivity index (χ4v) is 2.47. The summed E-state index contributed by atoms with van der Waals surface area (Å²) in [4.78, 5) is 12.1. The summed E-state index contributed by atoms with van der Waals surface area (Å²) >= 11 is 6.01. The van der Waals surface area contributed by atoms with Crippen LogP contribution in [0.5, 0.6) is 5.88 Å². The van der Waals surface area contributed by atoms with Crippen LogP contribution in [0, 0.1) is 0 Å². The molecule has 8 heteroatoms. The molecule has 0 fully saturated rings. The van der Waals surface area contributed by atoms with Crippen LogP contribution >= 0.6 is 11.6 Å². The van der Waals surface area contributed by atoms with Crippen molar-refractivity contribution in [2.45, 2.75) is 13.0 Å². The number of hydrogen-bond donors (Lipinski definition) is 3. The van der Waals surface area contributed by atoms with E-state index in [1.807, 2.05) is 31.2 Å². The number of nitrogen functional groups attached to an aromatic ring is 2. The second-order valence-corrected chi connectivity index (χ2v) is 5.80. The Bertz CT molecular complexity index is 852. The molecule has 5 N–H and O–H groups in total. The highest BCUT2D eigenvalue weighted by atomic mass is 35.5. The van der Waals surface area contributed by atoms with E-state index >= 15 is 0 Å². The first-order valence-corrected chi connectivity index (χ1v) is 7.72. The molecule has 0 aliphatic heterocycles. The van der Waals surface area contributed by atoms with Crippen molar-refractivity contribution < 1.29 is 4.74 Å². The second kappa shape index (κ2) is 6.76. The van der Waals surface area contributed by atoms with Crippen molar-refractivity contribution in [3.63, 3.8) is 0 Å². The molecule has 1 unspecified atom stereocenters. The number of halogens is 1. The molecule has 3 rings (SSSR count). The molecule has 7 nitrogen and oxygen atoms in total. The van der Waals surface area contributed by atoms with Gasteiger partial charge in [0, 0.05) is 28.4 Å². The largest absolute Gasteiger partial charge is 0.475 e. The molecule has 0 bridgehead atoms. The van der Waals surface area contributed by atoms with Crippen molar-refractivity contribution in [2.24, 2.45) is 0 Å². The number of hydrogen-bond acceptors (Lipinski definition) is 7. The molecular formula is C16H17ClN6O. The summed E-state index contributed by atoms with van der Waals surface area (Å²) in [6, 6.07) is 9.07. The maximum Gasteiger partial charge on any atom is 0.225 e. The first-order chi connectivity index (χ1) is 11.5. The lowest BCUT2D eigenvalue weighted by Crippen LogP contribution is -2.24. The maximum atomic E-state index is 6.01. The van der Waals surface area contributed by atoms with Gasteiger partial charge in [0.1, 0.15) is 12.4 Å². The molecule has 1 aromatic carbocycles. The Morgan fingerprint density at radius 1 is 1.21 bits per heavy atom. The zero-order chi connectivity index (χ0) is 17.1. The number of benzene rings is 1. The van der Waals surface area contributed by atoms with Gasteiger partial charge in [0.15, 0.2) is 0 Å². The highest BCUT2D eigenvalue weighted by Gasteiger charge is 2.09. The summed E-state index contributed by atoms with van der Waals surface area (Å²) in [6.07, 6.45) is 1.74. The lowest BCUT2D eigenvalue weighted by molar-refractivity contribution is 0.293. The minimum atomic E-state index is 0.0173. The standard InChI is InChI=1S/C16H17ClN6O/c1-9(8-24-15-7-14(18)22-16(19)23-15)21-12-4-5-20-13-6-10(17)2-3-11(12)13/h2-7,9H,8H2,1H3,(H,20,21)(H4,18,19,22,23). The SMILES string of the molecule is CC(COc1cc(N)nc(N)n1)Nc1ccnc2cc(Cl)ccc12. The summed E-state index contributed by atoms with van der Waals surface area (Å²) in [7, 11) is 0. The van der Waals surface area contributed by atoms with Crippen molar-refractivity contribution in [2.75, 3.05) is 23.4 Å². The van der Waals surface area contributed by atoms with E-state index in [1.54, 1.807) is 6.20 Å². The minimum absolute atomic E-state index is 0.0173. The smallest absolute Gasteiger partial charge is 0.225 e.